The van der Waals surface area contributed by atoms with Gasteiger partial charge in [-0.2, -0.15) is 0 Å². The van der Waals surface area contributed by atoms with Gasteiger partial charge in [-0.1, -0.05) is 0 Å². The predicted octanol–water partition coefficient (Wildman–Crippen LogP) is 1.69. The van der Waals surface area contributed by atoms with Gasteiger partial charge in [-0.05, 0) is 0 Å². The van der Waals surface area contributed by atoms with E-state index in [4.69, 9.17) is 5.73 Å². The second-order valence-electron chi connectivity index (χ2n) is 3.10. The molecule has 15 heavy (non-hydrogen) atoms. The van der Waals surface area contributed by atoms with Gasteiger partial charge >= 0.3 is 104 Å². The third-order valence-electron chi connectivity index (χ3n) is 1.95. The molecule has 0 saturated heterocycles. The molecule has 0 aliphatic heterocycles. The second kappa shape index (κ2) is 4.84. The Balaban J connectivity index is 2.22. The molecule has 0 aromatic heterocycles. The number of hydrogen-bond acceptors (Lipinski definition) is 1. The number of anilines is 1. The fraction of sp³-hybridized carbons (Fsp3) is 0. The first-order chi connectivity index (χ1) is 7.25. The maximum absolute atomic E-state index is 5.74. The molecule has 0 unspecified atom stereocenters. The molecule has 2 aromatic rings. The van der Waals surface area contributed by atoms with E-state index in [0.717, 1.165) is 10.2 Å². The van der Waals surface area contributed by atoms with E-state index in [1.165, 1.54) is 8.92 Å². The van der Waals surface area contributed by atoms with Gasteiger partial charge in [-0.15, -0.1) is 0 Å². The molecule has 0 spiro atoms. The van der Waals surface area contributed by atoms with Crippen LogP contribution in [0.15, 0.2) is 53.0 Å². The Morgan fingerprint density at radius 1 is 0.933 bits per heavy atom. The van der Waals surface area contributed by atoms with E-state index < -0.39 is 0 Å². The SMILES string of the molecule is Nc1ccc([Se]c2ccccc2)cc1Br. The summed E-state index contributed by atoms with van der Waals surface area (Å²) in [5.74, 6) is 0. The molecule has 2 aromatic carbocycles. The van der Waals surface area contributed by atoms with Gasteiger partial charge in [0, 0.05) is 0 Å². The summed E-state index contributed by atoms with van der Waals surface area (Å²) in [6.45, 7) is 0. The monoisotopic (exact) mass is 327 g/mol. The summed E-state index contributed by atoms with van der Waals surface area (Å²) in [6.07, 6.45) is 0. The van der Waals surface area contributed by atoms with Crippen molar-refractivity contribution >= 4 is 45.5 Å². The Morgan fingerprint density at radius 3 is 2.33 bits per heavy atom. The first kappa shape index (κ1) is 10.7. The molecule has 0 saturated carbocycles. The first-order valence-electron chi connectivity index (χ1n) is 4.53. The molecule has 2 N–H and O–H groups in total. The molecular formula is C12H10BrNSe. The molecule has 0 atom stereocenters. The van der Waals surface area contributed by atoms with Crippen molar-refractivity contribution in [1.82, 2.24) is 0 Å². The summed E-state index contributed by atoms with van der Waals surface area (Å²) >= 11 is 3.80. The van der Waals surface area contributed by atoms with Crippen LogP contribution >= 0.6 is 15.9 Å². The van der Waals surface area contributed by atoms with Crippen LogP contribution in [0.1, 0.15) is 0 Å². The quantitative estimate of drug-likeness (QED) is 0.659. The Morgan fingerprint density at radius 2 is 1.67 bits per heavy atom. The van der Waals surface area contributed by atoms with Crippen molar-refractivity contribution in [2.24, 2.45) is 0 Å². The minimum atomic E-state index is 0.359. The molecule has 2 rings (SSSR count). The van der Waals surface area contributed by atoms with Gasteiger partial charge in [-0.25, -0.2) is 0 Å². The summed E-state index contributed by atoms with van der Waals surface area (Å²) in [5, 5.41) is 0. The van der Waals surface area contributed by atoms with E-state index in [-0.39, 0.29) is 0 Å². The van der Waals surface area contributed by atoms with Crippen molar-refractivity contribution in [1.29, 1.82) is 0 Å². The molecule has 0 aliphatic rings. The molecule has 0 bridgehead atoms. The van der Waals surface area contributed by atoms with Crippen LogP contribution in [0.2, 0.25) is 0 Å². The van der Waals surface area contributed by atoms with E-state index in [2.05, 4.69) is 52.3 Å². The van der Waals surface area contributed by atoms with E-state index in [0.29, 0.717) is 15.0 Å². The van der Waals surface area contributed by atoms with Crippen LogP contribution in [0.4, 0.5) is 5.69 Å². The normalized spacial score (nSPS) is 10.2. The molecule has 1 nitrogen and oxygen atoms in total. The zero-order valence-corrected chi connectivity index (χ0v) is 11.3. The minimum absolute atomic E-state index is 0.359. The summed E-state index contributed by atoms with van der Waals surface area (Å²) in [7, 11) is 0. The van der Waals surface area contributed by atoms with E-state index >= 15 is 0 Å². The van der Waals surface area contributed by atoms with Crippen molar-refractivity contribution < 1.29 is 0 Å². The Bertz CT molecular complexity index is 456. The van der Waals surface area contributed by atoms with Crippen LogP contribution in [-0.2, 0) is 0 Å². The molecule has 0 heterocycles. The Labute approximate surface area is 104 Å². The number of rotatable bonds is 2. The topological polar surface area (TPSA) is 26.0 Å². The molecule has 0 fully saturated rings. The number of hydrogen-bond donors (Lipinski definition) is 1. The summed E-state index contributed by atoms with van der Waals surface area (Å²) < 4.78 is 3.69. The van der Waals surface area contributed by atoms with Crippen LogP contribution in [0.3, 0.4) is 0 Å². The first-order valence-corrected chi connectivity index (χ1v) is 7.04. The van der Waals surface area contributed by atoms with Crippen molar-refractivity contribution in [2.45, 2.75) is 0 Å². The Kier molecular flexibility index (Phi) is 3.47. The standard InChI is InChI=1S/C12H10BrNSe/c13-11-8-10(6-7-12(11)14)15-9-4-2-1-3-5-9/h1-8H,14H2. The van der Waals surface area contributed by atoms with Crippen LogP contribution < -0.4 is 14.7 Å². The average Bonchev–Trinajstić information content (AvgIpc) is 2.25. The van der Waals surface area contributed by atoms with Crippen LogP contribution in [0.25, 0.3) is 0 Å². The summed E-state index contributed by atoms with van der Waals surface area (Å²) in [6, 6.07) is 16.6. The van der Waals surface area contributed by atoms with Gasteiger partial charge in [-0.3, -0.25) is 0 Å². The van der Waals surface area contributed by atoms with Gasteiger partial charge in [0.2, 0.25) is 0 Å². The number of halogens is 1. The van der Waals surface area contributed by atoms with Gasteiger partial charge in [0.05, 0.1) is 0 Å². The number of benzene rings is 2. The van der Waals surface area contributed by atoms with E-state index in [1.807, 2.05) is 12.1 Å². The summed E-state index contributed by atoms with van der Waals surface area (Å²) in [4.78, 5) is 0. The summed E-state index contributed by atoms with van der Waals surface area (Å²) in [5.41, 5.74) is 6.54. The van der Waals surface area contributed by atoms with Crippen LogP contribution in [0, 0.1) is 0 Å². The zero-order chi connectivity index (χ0) is 10.7. The van der Waals surface area contributed by atoms with Gasteiger partial charge in [0.1, 0.15) is 0 Å². The fourth-order valence-electron chi connectivity index (χ4n) is 1.20. The van der Waals surface area contributed by atoms with Gasteiger partial charge < -0.3 is 0 Å². The second-order valence-corrected chi connectivity index (χ2v) is 6.36. The van der Waals surface area contributed by atoms with Gasteiger partial charge in [0.25, 0.3) is 0 Å². The average molecular weight is 327 g/mol. The zero-order valence-electron chi connectivity index (χ0n) is 7.98. The molecule has 3 heteroatoms. The van der Waals surface area contributed by atoms with Crippen molar-refractivity contribution in [3.8, 4) is 0 Å². The van der Waals surface area contributed by atoms with Crippen LogP contribution in [-0.4, -0.2) is 15.0 Å². The van der Waals surface area contributed by atoms with E-state index in [1.54, 1.807) is 0 Å². The van der Waals surface area contributed by atoms with Crippen molar-refractivity contribution in [3.05, 3.63) is 53.0 Å². The number of nitrogens with two attached hydrogens (primary N) is 1. The van der Waals surface area contributed by atoms with Gasteiger partial charge in [0.15, 0.2) is 0 Å². The molecule has 76 valence electrons. The van der Waals surface area contributed by atoms with Crippen molar-refractivity contribution in [3.63, 3.8) is 0 Å². The fourth-order valence-corrected chi connectivity index (χ4v) is 3.76. The third-order valence-corrected chi connectivity index (χ3v) is 4.73. The molecular weight excluding hydrogens is 317 g/mol. The maximum atomic E-state index is 5.74. The number of nitrogen functional groups attached to an aromatic ring is 1. The molecule has 0 aliphatic carbocycles. The van der Waals surface area contributed by atoms with E-state index in [9.17, 15) is 0 Å². The predicted molar refractivity (Wildman–Crippen MR) is 70.0 cm³/mol. The molecule has 0 radical (unpaired) electrons. The van der Waals surface area contributed by atoms with Crippen LogP contribution in [0.5, 0.6) is 0 Å². The Hall–Kier alpha value is -0.761. The third kappa shape index (κ3) is 2.85. The molecule has 0 amide bonds. The van der Waals surface area contributed by atoms with Crippen molar-refractivity contribution in [2.75, 3.05) is 5.73 Å².